The normalized spacial score (nSPS) is 17.1. The molecule has 0 radical (unpaired) electrons. The van der Waals surface area contributed by atoms with Gasteiger partial charge in [0.1, 0.15) is 5.82 Å². The van der Waals surface area contributed by atoms with Crippen LogP contribution < -0.4 is 16.0 Å². The summed E-state index contributed by atoms with van der Waals surface area (Å²) in [6.07, 6.45) is -1.39. The number of H-pyrrole nitrogens is 1. The lowest BCUT2D eigenvalue weighted by Crippen LogP contribution is -2.55. The first-order chi connectivity index (χ1) is 15.8. The number of nitrogens with two attached hydrogens (primary N) is 1. The van der Waals surface area contributed by atoms with Crippen LogP contribution >= 0.6 is 0 Å². The lowest BCUT2D eigenvalue weighted by atomic mass is 10.1. The zero-order valence-electron chi connectivity index (χ0n) is 18.2. The van der Waals surface area contributed by atoms with Crippen LogP contribution in [0.25, 0.3) is 10.8 Å². The van der Waals surface area contributed by atoms with Gasteiger partial charge in [0.15, 0.2) is 12.2 Å². The quantitative estimate of drug-likeness (QED) is 0.459. The van der Waals surface area contributed by atoms with Crippen molar-refractivity contribution in [2.75, 3.05) is 43.2 Å². The van der Waals surface area contributed by atoms with Gasteiger partial charge in [-0.3, -0.25) is 14.4 Å². The predicted molar refractivity (Wildman–Crippen MR) is 124 cm³/mol. The van der Waals surface area contributed by atoms with Gasteiger partial charge in [0.2, 0.25) is 0 Å². The average Bonchev–Trinajstić information content (AvgIpc) is 3.18. The molecule has 2 aromatic carbocycles. The van der Waals surface area contributed by atoms with E-state index in [9.17, 15) is 19.5 Å². The van der Waals surface area contributed by atoms with Gasteiger partial charge >= 0.3 is 0 Å². The summed E-state index contributed by atoms with van der Waals surface area (Å²) in [6.45, 7) is 0.357. The number of aromatic nitrogens is 1. The van der Waals surface area contributed by atoms with Crippen LogP contribution in [0.3, 0.4) is 0 Å². The van der Waals surface area contributed by atoms with Gasteiger partial charge in [-0.05, 0) is 36.4 Å². The van der Waals surface area contributed by atoms with Crippen LogP contribution in [-0.4, -0.2) is 72.2 Å². The zero-order chi connectivity index (χ0) is 23.7. The van der Waals surface area contributed by atoms with Crippen molar-refractivity contribution < 1.29 is 24.2 Å². The molecule has 0 spiro atoms. The van der Waals surface area contributed by atoms with E-state index in [0.29, 0.717) is 22.8 Å². The van der Waals surface area contributed by atoms with E-state index in [0.717, 1.165) is 10.8 Å². The van der Waals surface area contributed by atoms with Gasteiger partial charge in [0.05, 0.1) is 6.61 Å². The number of carbonyl (C=O) groups is 3. The largest absolute Gasteiger partial charge is 0.385 e. The van der Waals surface area contributed by atoms with Crippen molar-refractivity contribution in [1.29, 1.82) is 0 Å². The summed E-state index contributed by atoms with van der Waals surface area (Å²) in [4.78, 5) is 43.8. The molecule has 3 aromatic rings. The fourth-order valence-corrected chi connectivity index (χ4v) is 3.75. The SMILES string of the molecule is CN(C)C(=O)c1cccc(N2CCO[C@H]([C@@H](O)C(=O)Nc3ccc4c(N)[nH]cc4c3)C2=O)c1. The van der Waals surface area contributed by atoms with Crippen LogP contribution in [0.15, 0.2) is 48.7 Å². The molecule has 1 aromatic heterocycles. The third kappa shape index (κ3) is 4.38. The number of benzene rings is 2. The number of carbonyl (C=O) groups excluding carboxylic acids is 3. The second kappa shape index (κ2) is 8.93. The molecule has 10 nitrogen and oxygen atoms in total. The van der Waals surface area contributed by atoms with Gasteiger partial charge in [-0.2, -0.15) is 0 Å². The summed E-state index contributed by atoms with van der Waals surface area (Å²) in [5.41, 5.74) is 7.19. The number of hydrogen-bond acceptors (Lipinski definition) is 6. The summed E-state index contributed by atoms with van der Waals surface area (Å²) in [5.74, 6) is -1.02. The second-order valence-corrected chi connectivity index (χ2v) is 7.97. The van der Waals surface area contributed by atoms with Crippen LogP contribution in [0.5, 0.6) is 0 Å². The van der Waals surface area contributed by atoms with Crippen LogP contribution in [0.1, 0.15) is 10.4 Å². The lowest BCUT2D eigenvalue weighted by molar-refractivity contribution is -0.150. The second-order valence-electron chi connectivity index (χ2n) is 7.97. The molecule has 33 heavy (non-hydrogen) atoms. The highest BCUT2D eigenvalue weighted by Gasteiger charge is 2.39. The number of aliphatic hydroxyl groups is 1. The number of amides is 3. The van der Waals surface area contributed by atoms with Crippen molar-refractivity contribution in [3.63, 3.8) is 0 Å². The molecule has 0 bridgehead atoms. The minimum atomic E-state index is -1.72. The Labute approximate surface area is 189 Å². The van der Waals surface area contributed by atoms with Crippen molar-refractivity contribution >= 4 is 45.7 Å². The Morgan fingerprint density at radius 2 is 2.06 bits per heavy atom. The maximum atomic E-state index is 13.1. The molecule has 172 valence electrons. The maximum Gasteiger partial charge on any atom is 0.259 e. The van der Waals surface area contributed by atoms with Gasteiger partial charge in [-0.1, -0.05) is 6.07 Å². The Kier molecular flexibility index (Phi) is 6.03. The average molecular weight is 451 g/mol. The highest BCUT2D eigenvalue weighted by Crippen LogP contribution is 2.25. The molecule has 3 amide bonds. The third-order valence-electron chi connectivity index (χ3n) is 5.48. The van der Waals surface area contributed by atoms with E-state index in [1.54, 1.807) is 62.8 Å². The number of ether oxygens (including phenoxy) is 1. The monoisotopic (exact) mass is 451 g/mol. The number of fused-ring (bicyclic) bond motifs is 1. The molecular weight excluding hydrogens is 426 g/mol. The van der Waals surface area contributed by atoms with Gasteiger partial charge in [-0.15, -0.1) is 0 Å². The molecular formula is C23H25N5O5. The molecule has 2 heterocycles. The number of nitrogen functional groups attached to an aromatic ring is 1. The topological polar surface area (TPSA) is 141 Å². The number of nitrogens with one attached hydrogen (secondary N) is 2. The molecule has 0 unspecified atom stereocenters. The molecule has 1 fully saturated rings. The first kappa shape index (κ1) is 22.3. The number of aromatic amines is 1. The van der Waals surface area contributed by atoms with E-state index in [1.165, 1.54) is 9.80 Å². The van der Waals surface area contributed by atoms with Crippen molar-refractivity contribution in [1.82, 2.24) is 9.88 Å². The van der Waals surface area contributed by atoms with Crippen LogP contribution in [0.4, 0.5) is 17.2 Å². The van der Waals surface area contributed by atoms with Crippen molar-refractivity contribution in [3.8, 4) is 0 Å². The fourth-order valence-electron chi connectivity index (χ4n) is 3.75. The number of aliphatic hydroxyl groups excluding tert-OH is 1. The molecule has 1 aliphatic heterocycles. The highest BCUT2D eigenvalue weighted by atomic mass is 16.5. The Morgan fingerprint density at radius 3 is 2.82 bits per heavy atom. The van der Waals surface area contributed by atoms with Gasteiger partial charge in [-0.25, -0.2) is 0 Å². The molecule has 4 rings (SSSR count). The van der Waals surface area contributed by atoms with Crippen LogP contribution in [0, 0.1) is 0 Å². The van der Waals surface area contributed by atoms with E-state index < -0.39 is 24.0 Å². The molecule has 10 heteroatoms. The van der Waals surface area contributed by atoms with E-state index in [2.05, 4.69) is 10.3 Å². The smallest absolute Gasteiger partial charge is 0.259 e. The third-order valence-corrected chi connectivity index (χ3v) is 5.48. The minimum Gasteiger partial charge on any atom is -0.385 e. The molecule has 1 saturated heterocycles. The minimum absolute atomic E-state index is 0.126. The van der Waals surface area contributed by atoms with Gasteiger partial charge in [0.25, 0.3) is 17.7 Å². The fraction of sp³-hybridized carbons (Fsp3) is 0.261. The summed E-state index contributed by atoms with van der Waals surface area (Å²) in [7, 11) is 3.28. The maximum absolute atomic E-state index is 13.1. The predicted octanol–water partition coefficient (Wildman–Crippen LogP) is 1.18. The molecule has 5 N–H and O–H groups in total. The van der Waals surface area contributed by atoms with Crippen molar-refractivity contribution in [2.24, 2.45) is 0 Å². The Bertz CT molecular complexity index is 1220. The molecule has 1 aliphatic rings. The lowest BCUT2D eigenvalue weighted by Gasteiger charge is -2.34. The van der Waals surface area contributed by atoms with Crippen molar-refractivity contribution in [3.05, 3.63) is 54.2 Å². The molecule has 2 atom stereocenters. The summed E-state index contributed by atoms with van der Waals surface area (Å²) < 4.78 is 5.45. The van der Waals surface area contributed by atoms with Crippen molar-refractivity contribution in [2.45, 2.75) is 12.2 Å². The molecule has 0 aliphatic carbocycles. The van der Waals surface area contributed by atoms with E-state index in [1.807, 2.05) is 0 Å². The van der Waals surface area contributed by atoms with E-state index in [4.69, 9.17) is 10.5 Å². The number of morpholine rings is 1. The number of hydrogen-bond donors (Lipinski definition) is 4. The summed E-state index contributed by atoms with van der Waals surface area (Å²) in [6, 6.07) is 11.7. The zero-order valence-corrected chi connectivity index (χ0v) is 18.2. The number of anilines is 3. The van der Waals surface area contributed by atoms with Gasteiger partial charge in [0, 0.05) is 54.5 Å². The highest BCUT2D eigenvalue weighted by molar-refractivity contribution is 6.05. The Balaban J connectivity index is 1.49. The van der Waals surface area contributed by atoms with Crippen LogP contribution in [-0.2, 0) is 14.3 Å². The molecule has 0 saturated carbocycles. The summed E-state index contributed by atoms with van der Waals surface area (Å²) >= 11 is 0. The number of rotatable bonds is 5. The van der Waals surface area contributed by atoms with Crippen LogP contribution in [0.2, 0.25) is 0 Å². The summed E-state index contributed by atoms with van der Waals surface area (Å²) in [5, 5.41) is 14.8. The number of nitrogens with zero attached hydrogens (tertiary/aromatic N) is 2. The van der Waals surface area contributed by atoms with E-state index >= 15 is 0 Å². The standard InChI is InChI=1S/C23H25N5O5/c1-27(2)22(31)13-4-3-5-16(11-13)28-8-9-33-19(23(28)32)18(29)21(30)26-15-6-7-17-14(10-15)12-25-20(17)24/h3-7,10-12,18-19,25,29H,8-9,24H2,1-2H3,(H,26,30)/t18-,19-/m1/s1. The Hall–Kier alpha value is -3.89. The van der Waals surface area contributed by atoms with Gasteiger partial charge < -0.3 is 35.7 Å². The first-order valence-corrected chi connectivity index (χ1v) is 10.4. The van der Waals surface area contributed by atoms with E-state index in [-0.39, 0.29) is 19.1 Å². The Morgan fingerprint density at radius 1 is 1.27 bits per heavy atom. The first-order valence-electron chi connectivity index (χ1n) is 10.4.